The molecule has 4 aliphatic carbocycles. The SMILES string of the molecule is CC1CCC2C3CCC4=C[C@@H](O)CC[C@]4(C)C3CC[C@]12C. The Labute approximate surface area is 130 Å². The quantitative estimate of drug-likeness (QED) is 0.626. The number of aliphatic hydroxyl groups is 1. The lowest BCUT2D eigenvalue weighted by atomic mass is 9.47. The van der Waals surface area contributed by atoms with E-state index < -0.39 is 0 Å². The second-order valence-electron chi connectivity index (χ2n) is 9.15. The van der Waals surface area contributed by atoms with E-state index in [9.17, 15) is 5.11 Å². The molecule has 4 aliphatic rings. The third-order valence-corrected chi connectivity index (χ3v) is 8.56. The van der Waals surface area contributed by atoms with E-state index in [1.54, 1.807) is 5.57 Å². The highest BCUT2D eigenvalue weighted by atomic mass is 16.3. The van der Waals surface area contributed by atoms with Crippen LogP contribution in [0.2, 0.25) is 0 Å². The first-order chi connectivity index (χ1) is 9.95. The first-order valence-corrected chi connectivity index (χ1v) is 9.34. The number of rotatable bonds is 0. The monoisotopic (exact) mass is 288 g/mol. The molecule has 3 fully saturated rings. The zero-order chi connectivity index (χ0) is 14.8. The van der Waals surface area contributed by atoms with Gasteiger partial charge >= 0.3 is 0 Å². The predicted molar refractivity (Wildman–Crippen MR) is 86.9 cm³/mol. The second-order valence-corrected chi connectivity index (χ2v) is 9.15. The summed E-state index contributed by atoms with van der Waals surface area (Å²) in [5.41, 5.74) is 2.65. The van der Waals surface area contributed by atoms with Crippen LogP contribution in [0.5, 0.6) is 0 Å². The van der Waals surface area contributed by atoms with Crippen molar-refractivity contribution in [2.24, 2.45) is 34.5 Å². The van der Waals surface area contributed by atoms with Gasteiger partial charge in [-0.1, -0.05) is 32.4 Å². The summed E-state index contributed by atoms with van der Waals surface area (Å²) in [6.45, 7) is 7.64. The first-order valence-electron chi connectivity index (χ1n) is 9.34. The van der Waals surface area contributed by atoms with Crippen LogP contribution in [0.3, 0.4) is 0 Å². The van der Waals surface area contributed by atoms with Crippen LogP contribution in [0, 0.1) is 34.5 Å². The van der Waals surface area contributed by atoms with Crippen molar-refractivity contribution in [1.29, 1.82) is 0 Å². The van der Waals surface area contributed by atoms with Crippen molar-refractivity contribution >= 4 is 0 Å². The molecule has 0 radical (unpaired) electrons. The Morgan fingerprint density at radius 2 is 1.81 bits per heavy atom. The average molecular weight is 288 g/mol. The van der Waals surface area contributed by atoms with E-state index in [2.05, 4.69) is 26.8 Å². The molecule has 0 aliphatic heterocycles. The summed E-state index contributed by atoms with van der Waals surface area (Å²) in [5.74, 6) is 3.78. The van der Waals surface area contributed by atoms with Crippen LogP contribution < -0.4 is 0 Å². The highest BCUT2D eigenvalue weighted by Gasteiger charge is 2.57. The summed E-state index contributed by atoms with van der Waals surface area (Å²) in [7, 11) is 0. The molecule has 0 aromatic rings. The third kappa shape index (κ3) is 1.85. The molecule has 118 valence electrons. The van der Waals surface area contributed by atoms with E-state index >= 15 is 0 Å². The van der Waals surface area contributed by atoms with Gasteiger partial charge in [-0.05, 0) is 85.9 Å². The van der Waals surface area contributed by atoms with Gasteiger partial charge in [-0.25, -0.2) is 0 Å². The highest BCUT2D eigenvalue weighted by Crippen LogP contribution is 2.66. The number of hydrogen-bond acceptors (Lipinski definition) is 1. The maximum atomic E-state index is 10.0. The summed E-state index contributed by atoms with van der Waals surface area (Å²) < 4.78 is 0. The highest BCUT2D eigenvalue weighted by molar-refractivity contribution is 5.25. The fraction of sp³-hybridized carbons (Fsp3) is 0.900. The molecule has 4 unspecified atom stereocenters. The van der Waals surface area contributed by atoms with Crippen LogP contribution in [0.4, 0.5) is 0 Å². The predicted octanol–water partition coefficient (Wildman–Crippen LogP) is 4.95. The van der Waals surface area contributed by atoms with Gasteiger partial charge in [-0.2, -0.15) is 0 Å². The van der Waals surface area contributed by atoms with Crippen LogP contribution in [-0.4, -0.2) is 11.2 Å². The molecule has 1 heteroatoms. The topological polar surface area (TPSA) is 20.2 Å². The van der Waals surface area contributed by atoms with Gasteiger partial charge in [0, 0.05) is 0 Å². The van der Waals surface area contributed by atoms with E-state index in [1.807, 2.05) is 0 Å². The Kier molecular flexibility index (Phi) is 3.13. The average Bonchev–Trinajstić information content (AvgIpc) is 2.76. The minimum Gasteiger partial charge on any atom is -0.389 e. The Hall–Kier alpha value is -0.300. The molecule has 21 heavy (non-hydrogen) atoms. The molecule has 4 rings (SSSR count). The van der Waals surface area contributed by atoms with Gasteiger partial charge in [0.2, 0.25) is 0 Å². The van der Waals surface area contributed by atoms with E-state index in [1.165, 1.54) is 44.9 Å². The zero-order valence-corrected chi connectivity index (χ0v) is 14.1. The fourth-order valence-electron chi connectivity index (χ4n) is 6.97. The lowest BCUT2D eigenvalue weighted by Gasteiger charge is -2.58. The van der Waals surface area contributed by atoms with Crippen molar-refractivity contribution in [3.05, 3.63) is 11.6 Å². The van der Waals surface area contributed by atoms with E-state index in [0.717, 1.165) is 30.1 Å². The van der Waals surface area contributed by atoms with Crippen molar-refractivity contribution in [2.45, 2.75) is 78.2 Å². The Bertz CT molecular complexity index is 466. The molecule has 0 heterocycles. The van der Waals surface area contributed by atoms with Gasteiger partial charge in [-0.3, -0.25) is 0 Å². The lowest BCUT2D eigenvalue weighted by Crippen LogP contribution is -2.50. The van der Waals surface area contributed by atoms with Crippen molar-refractivity contribution in [1.82, 2.24) is 0 Å². The molecule has 0 aromatic carbocycles. The minimum absolute atomic E-state index is 0.162. The van der Waals surface area contributed by atoms with Gasteiger partial charge in [0.05, 0.1) is 6.10 Å². The largest absolute Gasteiger partial charge is 0.389 e. The smallest absolute Gasteiger partial charge is 0.0724 e. The summed E-state index contributed by atoms with van der Waals surface area (Å²) in [6.07, 6.45) is 12.8. The van der Waals surface area contributed by atoms with Gasteiger partial charge in [0.15, 0.2) is 0 Å². The van der Waals surface area contributed by atoms with Crippen molar-refractivity contribution in [2.75, 3.05) is 0 Å². The molecule has 0 bridgehead atoms. The number of fused-ring (bicyclic) bond motifs is 5. The number of allylic oxidation sites excluding steroid dienone is 1. The van der Waals surface area contributed by atoms with Gasteiger partial charge in [-0.15, -0.1) is 0 Å². The van der Waals surface area contributed by atoms with Gasteiger partial charge < -0.3 is 5.11 Å². The van der Waals surface area contributed by atoms with Crippen LogP contribution in [0.1, 0.15) is 72.1 Å². The normalized spacial score (nSPS) is 56.2. The maximum Gasteiger partial charge on any atom is 0.0724 e. The van der Waals surface area contributed by atoms with E-state index in [4.69, 9.17) is 0 Å². The molecule has 0 aromatic heterocycles. The molecule has 1 nitrogen and oxygen atoms in total. The zero-order valence-electron chi connectivity index (χ0n) is 14.1. The molecule has 0 amide bonds. The maximum absolute atomic E-state index is 10.0. The Morgan fingerprint density at radius 3 is 2.62 bits per heavy atom. The minimum atomic E-state index is -0.162. The van der Waals surface area contributed by atoms with E-state index in [-0.39, 0.29) is 6.10 Å². The molecule has 0 spiro atoms. The van der Waals surface area contributed by atoms with Crippen molar-refractivity contribution < 1.29 is 5.11 Å². The first kappa shape index (κ1) is 14.3. The summed E-state index contributed by atoms with van der Waals surface area (Å²) in [4.78, 5) is 0. The second kappa shape index (κ2) is 4.60. The van der Waals surface area contributed by atoms with Gasteiger partial charge in [0.1, 0.15) is 0 Å². The fourth-order valence-corrected chi connectivity index (χ4v) is 6.97. The summed E-state index contributed by atoms with van der Waals surface area (Å²) >= 11 is 0. The molecule has 0 saturated heterocycles. The van der Waals surface area contributed by atoms with Crippen LogP contribution >= 0.6 is 0 Å². The molecule has 1 N–H and O–H groups in total. The third-order valence-electron chi connectivity index (χ3n) is 8.56. The van der Waals surface area contributed by atoms with Crippen molar-refractivity contribution in [3.8, 4) is 0 Å². The summed E-state index contributed by atoms with van der Waals surface area (Å²) in [6, 6.07) is 0. The molecule has 7 atom stereocenters. The van der Waals surface area contributed by atoms with Crippen LogP contribution in [0.15, 0.2) is 11.6 Å². The van der Waals surface area contributed by atoms with Gasteiger partial charge in [0.25, 0.3) is 0 Å². The Morgan fingerprint density at radius 1 is 1.00 bits per heavy atom. The van der Waals surface area contributed by atoms with Crippen LogP contribution in [-0.2, 0) is 0 Å². The lowest BCUT2D eigenvalue weighted by molar-refractivity contribution is -0.0528. The standard InChI is InChI=1S/C20H32O/c1-13-4-7-17-16-6-5-14-12-15(21)8-10-20(14,3)18(16)9-11-19(13,17)2/h12-13,15-18,21H,4-11H2,1-3H3/t13?,15-,16?,17?,18?,19+,20-/m0/s1. The van der Waals surface area contributed by atoms with Crippen LogP contribution in [0.25, 0.3) is 0 Å². The molecular weight excluding hydrogens is 256 g/mol. The summed E-state index contributed by atoms with van der Waals surface area (Å²) in [5, 5.41) is 10.0. The number of aliphatic hydroxyl groups excluding tert-OH is 1. The Balaban J connectivity index is 1.67. The van der Waals surface area contributed by atoms with E-state index in [0.29, 0.717) is 10.8 Å². The van der Waals surface area contributed by atoms with Crippen molar-refractivity contribution in [3.63, 3.8) is 0 Å². The molecule has 3 saturated carbocycles. The number of hydrogen-bond donors (Lipinski definition) is 1. The molecular formula is C20H32O.